The lowest BCUT2D eigenvalue weighted by molar-refractivity contribution is 0.321. The second-order valence-electron chi connectivity index (χ2n) is 5.68. The molecule has 1 N–H and O–H groups in total. The number of benzene rings is 1. The summed E-state index contributed by atoms with van der Waals surface area (Å²) in [6.45, 7) is 3.86. The second-order valence-corrected chi connectivity index (χ2v) is 8.36. The average molecular weight is 315 g/mol. The minimum Gasteiger partial charge on any atom is -0.489 e. The summed E-state index contributed by atoms with van der Waals surface area (Å²) in [5.74, 6) is -0.453. The van der Waals surface area contributed by atoms with Crippen LogP contribution in [0.1, 0.15) is 32.3 Å². The smallest absolute Gasteiger partial charge is 0.165 e. The van der Waals surface area contributed by atoms with Crippen molar-refractivity contribution in [2.24, 2.45) is 0 Å². The Balaban J connectivity index is 1.85. The third kappa shape index (κ3) is 4.97. The van der Waals surface area contributed by atoms with Crippen molar-refractivity contribution in [3.05, 3.63) is 29.6 Å². The van der Waals surface area contributed by atoms with E-state index in [2.05, 4.69) is 5.32 Å². The molecular weight excluding hydrogens is 293 g/mol. The van der Waals surface area contributed by atoms with Gasteiger partial charge in [0.15, 0.2) is 21.4 Å². The van der Waals surface area contributed by atoms with Crippen LogP contribution in [0.15, 0.2) is 18.2 Å². The number of nitrogens with one attached hydrogen (secondary N) is 1. The van der Waals surface area contributed by atoms with E-state index in [9.17, 15) is 12.8 Å². The van der Waals surface area contributed by atoms with E-state index in [-0.39, 0.29) is 18.1 Å². The predicted molar refractivity (Wildman–Crippen MR) is 80.7 cm³/mol. The largest absolute Gasteiger partial charge is 0.489 e. The van der Waals surface area contributed by atoms with Crippen LogP contribution >= 0.6 is 0 Å². The highest BCUT2D eigenvalue weighted by Crippen LogP contribution is 2.21. The summed E-state index contributed by atoms with van der Waals surface area (Å²) in [5, 5.41) is 2.87. The molecule has 0 bridgehead atoms. The van der Waals surface area contributed by atoms with Crippen LogP contribution in [0.5, 0.6) is 5.75 Å². The van der Waals surface area contributed by atoms with E-state index in [1.54, 1.807) is 26.0 Å². The molecule has 6 heteroatoms. The molecule has 0 aromatic heterocycles. The Bertz CT molecular complexity index is 583. The van der Waals surface area contributed by atoms with Gasteiger partial charge in [0.25, 0.3) is 0 Å². The van der Waals surface area contributed by atoms with Gasteiger partial charge in [-0.25, -0.2) is 12.8 Å². The molecule has 1 aliphatic rings. The van der Waals surface area contributed by atoms with Gasteiger partial charge in [-0.05, 0) is 44.4 Å². The molecule has 1 fully saturated rings. The lowest BCUT2D eigenvalue weighted by Crippen LogP contribution is -2.22. The van der Waals surface area contributed by atoms with Crippen molar-refractivity contribution in [3.63, 3.8) is 0 Å². The van der Waals surface area contributed by atoms with Gasteiger partial charge in [-0.1, -0.05) is 6.07 Å². The van der Waals surface area contributed by atoms with E-state index in [1.165, 1.54) is 18.9 Å². The molecule has 1 saturated carbocycles. The fourth-order valence-corrected chi connectivity index (χ4v) is 2.61. The SMILES string of the molecule is CC(C)S(=O)(=O)CCOc1ccc(CNC2CC2)cc1F. The number of rotatable bonds is 8. The van der Waals surface area contributed by atoms with E-state index in [4.69, 9.17) is 4.74 Å². The van der Waals surface area contributed by atoms with Crippen molar-refractivity contribution in [1.82, 2.24) is 5.32 Å². The molecule has 0 heterocycles. The van der Waals surface area contributed by atoms with E-state index < -0.39 is 20.9 Å². The maximum atomic E-state index is 13.9. The topological polar surface area (TPSA) is 55.4 Å². The summed E-state index contributed by atoms with van der Waals surface area (Å²) < 4.78 is 42.4. The fraction of sp³-hybridized carbons (Fsp3) is 0.600. The van der Waals surface area contributed by atoms with Crippen LogP contribution < -0.4 is 10.1 Å². The standard InChI is InChI=1S/C15H22FNO3S/c1-11(2)21(18,19)8-7-20-15-6-3-12(9-14(15)16)10-17-13-4-5-13/h3,6,9,11,13,17H,4-5,7-8,10H2,1-2H3. The molecule has 4 nitrogen and oxygen atoms in total. The number of ether oxygens (including phenoxy) is 1. The number of hydrogen-bond acceptors (Lipinski definition) is 4. The normalized spacial score (nSPS) is 15.4. The Morgan fingerprint density at radius 3 is 2.67 bits per heavy atom. The zero-order chi connectivity index (χ0) is 15.5. The molecule has 1 aromatic carbocycles. The van der Waals surface area contributed by atoms with Crippen LogP contribution in [0.4, 0.5) is 4.39 Å². The summed E-state index contributed by atoms with van der Waals surface area (Å²) in [4.78, 5) is 0. The molecule has 0 spiro atoms. The third-order valence-electron chi connectivity index (χ3n) is 3.51. The van der Waals surface area contributed by atoms with E-state index in [0.717, 1.165) is 5.56 Å². The minimum atomic E-state index is -3.16. The van der Waals surface area contributed by atoms with E-state index in [1.807, 2.05) is 0 Å². The van der Waals surface area contributed by atoms with Crippen LogP contribution in [0, 0.1) is 5.82 Å². The van der Waals surface area contributed by atoms with Gasteiger partial charge in [0.1, 0.15) is 6.61 Å². The number of halogens is 1. The van der Waals surface area contributed by atoms with Gasteiger partial charge in [-0.15, -0.1) is 0 Å². The molecule has 0 saturated heterocycles. The highest BCUT2D eigenvalue weighted by molar-refractivity contribution is 7.91. The van der Waals surface area contributed by atoms with E-state index >= 15 is 0 Å². The summed E-state index contributed by atoms with van der Waals surface area (Å²) in [6.07, 6.45) is 2.38. The van der Waals surface area contributed by atoms with Crippen LogP contribution in [0.25, 0.3) is 0 Å². The minimum absolute atomic E-state index is 0.0307. The second kappa shape index (κ2) is 6.75. The lowest BCUT2D eigenvalue weighted by Gasteiger charge is -2.11. The van der Waals surface area contributed by atoms with Crippen molar-refractivity contribution in [2.75, 3.05) is 12.4 Å². The van der Waals surface area contributed by atoms with Gasteiger partial charge in [0, 0.05) is 12.6 Å². The summed E-state index contributed by atoms with van der Waals surface area (Å²) in [5.41, 5.74) is 0.863. The highest BCUT2D eigenvalue weighted by Gasteiger charge is 2.20. The van der Waals surface area contributed by atoms with Crippen LogP contribution in [-0.4, -0.2) is 32.1 Å². The Kier molecular flexibility index (Phi) is 5.22. The van der Waals surface area contributed by atoms with Crippen molar-refractivity contribution < 1.29 is 17.5 Å². The first-order chi connectivity index (χ1) is 9.88. The predicted octanol–water partition coefficient (Wildman–Crippen LogP) is 2.28. The molecule has 1 aromatic rings. The molecular formula is C15H22FNO3S. The lowest BCUT2D eigenvalue weighted by atomic mass is 10.2. The van der Waals surface area contributed by atoms with Gasteiger partial charge in [0.2, 0.25) is 0 Å². The first-order valence-electron chi connectivity index (χ1n) is 7.24. The molecule has 118 valence electrons. The van der Waals surface area contributed by atoms with Crippen molar-refractivity contribution >= 4 is 9.84 Å². The summed E-state index contributed by atoms with van der Waals surface area (Å²) >= 11 is 0. The average Bonchev–Trinajstić information content (AvgIpc) is 3.22. The molecule has 0 amide bonds. The van der Waals surface area contributed by atoms with Crippen molar-refractivity contribution in [2.45, 2.75) is 44.5 Å². The molecule has 1 aliphatic carbocycles. The van der Waals surface area contributed by atoms with Gasteiger partial charge >= 0.3 is 0 Å². The molecule has 0 atom stereocenters. The van der Waals surface area contributed by atoms with Gasteiger partial charge in [0.05, 0.1) is 11.0 Å². The van der Waals surface area contributed by atoms with Crippen LogP contribution in [0.3, 0.4) is 0 Å². The summed E-state index contributed by atoms with van der Waals surface area (Å²) in [7, 11) is -3.16. The maximum Gasteiger partial charge on any atom is 0.165 e. The summed E-state index contributed by atoms with van der Waals surface area (Å²) in [6, 6.07) is 5.36. The Labute approximate surface area is 125 Å². The number of sulfone groups is 1. The third-order valence-corrected chi connectivity index (χ3v) is 5.68. The monoisotopic (exact) mass is 315 g/mol. The Morgan fingerprint density at radius 1 is 1.38 bits per heavy atom. The Morgan fingerprint density at radius 2 is 2.10 bits per heavy atom. The highest BCUT2D eigenvalue weighted by atomic mass is 32.2. The van der Waals surface area contributed by atoms with Gasteiger partial charge in [-0.2, -0.15) is 0 Å². The van der Waals surface area contributed by atoms with E-state index in [0.29, 0.717) is 12.6 Å². The van der Waals surface area contributed by atoms with Crippen LogP contribution in [-0.2, 0) is 16.4 Å². The molecule has 21 heavy (non-hydrogen) atoms. The first kappa shape index (κ1) is 16.2. The van der Waals surface area contributed by atoms with Gasteiger partial charge < -0.3 is 10.1 Å². The van der Waals surface area contributed by atoms with Crippen molar-refractivity contribution in [1.29, 1.82) is 0 Å². The first-order valence-corrected chi connectivity index (χ1v) is 8.96. The number of hydrogen-bond donors (Lipinski definition) is 1. The molecule has 0 unspecified atom stereocenters. The zero-order valence-electron chi connectivity index (χ0n) is 12.4. The fourth-order valence-electron chi connectivity index (χ4n) is 1.82. The quantitative estimate of drug-likeness (QED) is 0.799. The molecule has 2 rings (SSSR count). The maximum absolute atomic E-state index is 13.9. The molecule has 0 aliphatic heterocycles. The zero-order valence-corrected chi connectivity index (χ0v) is 13.2. The van der Waals surface area contributed by atoms with Gasteiger partial charge in [-0.3, -0.25) is 0 Å². The van der Waals surface area contributed by atoms with Crippen LogP contribution in [0.2, 0.25) is 0 Å². The Hall–Kier alpha value is -1.14. The molecule has 0 radical (unpaired) electrons. The van der Waals surface area contributed by atoms with Crippen molar-refractivity contribution in [3.8, 4) is 5.75 Å².